The fraction of sp³-hybridized carbons (Fsp3) is 0. The Labute approximate surface area is 159 Å². The molecule has 0 radical (unpaired) electrons. The lowest BCUT2D eigenvalue weighted by molar-refractivity contribution is -0.592. The Balaban J connectivity index is 2.06. The Morgan fingerprint density at radius 2 is 1.42 bits per heavy atom. The van der Waals surface area contributed by atoms with E-state index in [1.807, 2.05) is 18.2 Å². The van der Waals surface area contributed by atoms with Gasteiger partial charge in [-0.1, -0.05) is 53.5 Å². The van der Waals surface area contributed by atoms with Crippen LogP contribution >= 0.6 is 23.2 Å². The van der Waals surface area contributed by atoms with Gasteiger partial charge in [-0.25, -0.2) is 4.39 Å². The second kappa shape index (κ2) is 6.60. The van der Waals surface area contributed by atoms with Crippen LogP contribution in [0, 0.1) is 11.0 Å². The smallest absolute Gasteiger partial charge is 0.234 e. The average molecular weight is 384 g/mol. The van der Waals surface area contributed by atoms with Gasteiger partial charge >= 0.3 is 0 Å². The molecule has 0 spiro atoms. The molecule has 0 aliphatic rings. The van der Waals surface area contributed by atoms with E-state index in [2.05, 4.69) is 0 Å². The Bertz CT molecular complexity index is 1110. The Hall–Kier alpha value is -2.62. The molecule has 5 heteroatoms. The van der Waals surface area contributed by atoms with Crippen molar-refractivity contribution in [1.82, 2.24) is 0 Å². The van der Waals surface area contributed by atoms with Crippen molar-refractivity contribution in [2.45, 2.75) is 0 Å². The van der Waals surface area contributed by atoms with Crippen LogP contribution in [0.5, 0.6) is 0 Å². The van der Waals surface area contributed by atoms with E-state index in [1.54, 1.807) is 36.4 Å². The predicted octanol–water partition coefficient (Wildman–Crippen LogP) is 6.25. The highest BCUT2D eigenvalue weighted by molar-refractivity contribution is 6.39. The number of rotatable bonds is 2. The van der Waals surface area contributed by atoms with Crippen molar-refractivity contribution >= 4 is 34.0 Å². The molecule has 0 amide bonds. The van der Waals surface area contributed by atoms with E-state index in [9.17, 15) is 9.60 Å². The van der Waals surface area contributed by atoms with Crippen molar-refractivity contribution < 1.29 is 9.12 Å². The molecule has 1 heterocycles. The molecule has 2 nitrogen and oxygen atoms in total. The Kier molecular flexibility index (Phi) is 4.27. The van der Waals surface area contributed by atoms with Gasteiger partial charge in [0.25, 0.3) is 0 Å². The predicted molar refractivity (Wildman–Crippen MR) is 104 cm³/mol. The molecule has 0 N–H and O–H groups in total. The molecule has 0 bridgehead atoms. The van der Waals surface area contributed by atoms with E-state index in [4.69, 9.17) is 23.2 Å². The number of hydrogen-bond acceptors (Lipinski definition) is 1. The fourth-order valence-corrected chi connectivity index (χ4v) is 3.71. The Morgan fingerprint density at radius 1 is 0.769 bits per heavy atom. The van der Waals surface area contributed by atoms with Crippen molar-refractivity contribution in [3.63, 3.8) is 0 Å². The molecule has 0 unspecified atom stereocenters. The molecule has 1 aromatic heterocycles. The van der Waals surface area contributed by atoms with Crippen LogP contribution in [0.1, 0.15) is 0 Å². The minimum Gasteiger partial charge on any atom is -0.618 e. The highest BCUT2D eigenvalue weighted by atomic mass is 35.5. The number of hydrogen-bond donors (Lipinski definition) is 0. The van der Waals surface area contributed by atoms with Gasteiger partial charge in [-0.05, 0) is 41.5 Å². The van der Waals surface area contributed by atoms with Crippen LogP contribution in [0.2, 0.25) is 10.0 Å². The largest absolute Gasteiger partial charge is 0.618 e. The molecule has 0 aliphatic heterocycles. The van der Waals surface area contributed by atoms with E-state index < -0.39 is 0 Å². The van der Waals surface area contributed by atoms with Crippen molar-refractivity contribution in [3.8, 4) is 22.4 Å². The first-order chi connectivity index (χ1) is 12.6. The van der Waals surface area contributed by atoms with Gasteiger partial charge in [-0.2, -0.15) is 4.73 Å². The van der Waals surface area contributed by atoms with E-state index >= 15 is 0 Å². The van der Waals surface area contributed by atoms with Crippen LogP contribution in [0.25, 0.3) is 33.2 Å². The SMILES string of the molecule is [O-][n+]1ccc2c(-c3ccc(F)cc3)cccc2c1-c1c(Cl)cccc1Cl. The summed E-state index contributed by atoms with van der Waals surface area (Å²) in [4.78, 5) is 0. The normalized spacial score (nSPS) is 11.0. The monoisotopic (exact) mass is 383 g/mol. The molecule has 3 aromatic carbocycles. The first-order valence-electron chi connectivity index (χ1n) is 7.91. The maximum absolute atomic E-state index is 13.3. The van der Waals surface area contributed by atoms with Crippen LogP contribution in [0.15, 0.2) is 72.9 Å². The summed E-state index contributed by atoms with van der Waals surface area (Å²) in [5, 5.41) is 15.0. The first-order valence-corrected chi connectivity index (χ1v) is 8.67. The third kappa shape index (κ3) is 2.79. The molecule has 0 aliphatic carbocycles. The number of halogens is 3. The summed E-state index contributed by atoms with van der Waals surface area (Å²) in [6.45, 7) is 0. The van der Waals surface area contributed by atoms with Crippen LogP contribution in [0.4, 0.5) is 4.39 Å². The van der Waals surface area contributed by atoms with Gasteiger partial charge < -0.3 is 5.21 Å². The molecule has 0 saturated carbocycles. The molecular weight excluding hydrogens is 372 g/mol. The number of fused-ring (bicyclic) bond motifs is 1. The molecule has 0 fully saturated rings. The van der Waals surface area contributed by atoms with E-state index in [0.29, 0.717) is 21.3 Å². The lowest BCUT2D eigenvalue weighted by Crippen LogP contribution is -2.28. The third-order valence-electron chi connectivity index (χ3n) is 4.31. The highest BCUT2D eigenvalue weighted by Crippen LogP contribution is 2.38. The number of benzene rings is 3. The summed E-state index contributed by atoms with van der Waals surface area (Å²) in [7, 11) is 0. The van der Waals surface area contributed by atoms with Crippen molar-refractivity contribution in [1.29, 1.82) is 0 Å². The van der Waals surface area contributed by atoms with Gasteiger partial charge in [-0.3, -0.25) is 0 Å². The average Bonchev–Trinajstić information content (AvgIpc) is 2.63. The highest BCUT2D eigenvalue weighted by Gasteiger charge is 2.21. The maximum Gasteiger partial charge on any atom is 0.234 e. The number of pyridine rings is 1. The van der Waals surface area contributed by atoms with Gasteiger partial charge in [0.05, 0.1) is 21.0 Å². The molecule has 128 valence electrons. The van der Waals surface area contributed by atoms with Crippen molar-refractivity contribution in [2.75, 3.05) is 0 Å². The molecule has 0 atom stereocenters. The summed E-state index contributed by atoms with van der Waals surface area (Å²) in [5.41, 5.74) is 2.64. The maximum atomic E-state index is 13.3. The van der Waals surface area contributed by atoms with Gasteiger partial charge in [0, 0.05) is 11.5 Å². The van der Waals surface area contributed by atoms with Crippen LogP contribution < -0.4 is 4.73 Å². The summed E-state index contributed by atoms with van der Waals surface area (Å²) in [5.74, 6) is -0.296. The number of aromatic nitrogens is 1. The quantitative estimate of drug-likeness (QED) is 0.296. The third-order valence-corrected chi connectivity index (χ3v) is 4.94. The van der Waals surface area contributed by atoms with E-state index in [1.165, 1.54) is 18.3 Å². The van der Waals surface area contributed by atoms with Gasteiger partial charge in [-0.15, -0.1) is 0 Å². The Morgan fingerprint density at radius 3 is 2.12 bits per heavy atom. The summed E-state index contributed by atoms with van der Waals surface area (Å²) in [6, 6.07) is 18.8. The van der Waals surface area contributed by atoms with Gasteiger partial charge in [0.2, 0.25) is 5.69 Å². The van der Waals surface area contributed by atoms with E-state index in [0.717, 1.165) is 26.6 Å². The summed E-state index contributed by atoms with van der Waals surface area (Å²) < 4.78 is 14.0. The molecular formula is C21H12Cl2FNO. The minimum absolute atomic E-state index is 0.296. The summed E-state index contributed by atoms with van der Waals surface area (Å²) >= 11 is 12.7. The topological polar surface area (TPSA) is 26.9 Å². The molecule has 26 heavy (non-hydrogen) atoms. The lowest BCUT2D eigenvalue weighted by Gasteiger charge is -2.13. The molecule has 0 saturated heterocycles. The first kappa shape index (κ1) is 16.8. The standard InChI is InChI=1S/C21H12Cl2FNO/c22-18-5-2-6-19(23)20(18)21-17-4-1-3-15(16(17)11-12-25(21)26)13-7-9-14(24)10-8-13/h1-12H. The lowest BCUT2D eigenvalue weighted by atomic mass is 9.96. The fourth-order valence-electron chi connectivity index (χ4n) is 3.14. The van der Waals surface area contributed by atoms with Gasteiger partial charge in [0.15, 0.2) is 6.20 Å². The zero-order valence-corrected chi connectivity index (χ0v) is 14.9. The van der Waals surface area contributed by atoms with Crippen molar-refractivity contribution in [3.05, 3.63) is 94.0 Å². The zero-order chi connectivity index (χ0) is 18.3. The minimum atomic E-state index is -0.296. The van der Waals surface area contributed by atoms with Gasteiger partial charge in [0.1, 0.15) is 5.82 Å². The van der Waals surface area contributed by atoms with E-state index in [-0.39, 0.29) is 5.82 Å². The zero-order valence-electron chi connectivity index (χ0n) is 13.4. The second-order valence-electron chi connectivity index (χ2n) is 5.86. The van der Waals surface area contributed by atoms with Crippen LogP contribution in [-0.4, -0.2) is 0 Å². The summed E-state index contributed by atoms with van der Waals surface area (Å²) in [6.07, 6.45) is 1.43. The van der Waals surface area contributed by atoms with Crippen LogP contribution in [0.3, 0.4) is 0 Å². The molecule has 4 rings (SSSR count). The molecule has 4 aromatic rings. The van der Waals surface area contributed by atoms with Crippen molar-refractivity contribution in [2.24, 2.45) is 0 Å². The van der Waals surface area contributed by atoms with Crippen LogP contribution in [-0.2, 0) is 0 Å². The second-order valence-corrected chi connectivity index (χ2v) is 6.67. The number of nitrogens with zero attached hydrogens (tertiary/aromatic N) is 1.